The monoisotopic (exact) mass is 218 g/mol. The van der Waals surface area contributed by atoms with Gasteiger partial charge in [-0.2, -0.15) is 0 Å². The Hall–Kier alpha value is -1.02. The van der Waals surface area contributed by atoms with Crippen LogP contribution in [0.4, 0.5) is 5.69 Å². The number of rotatable bonds is 5. The summed E-state index contributed by atoms with van der Waals surface area (Å²) in [5, 5.41) is 3.46. The van der Waals surface area contributed by atoms with Crippen molar-refractivity contribution >= 4 is 5.69 Å². The van der Waals surface area contributed by atoms with Crippen LogP contribution in [0.15, 0.2) is 30.3 Å². The first-order chi connectivity index (χ1) is 7.92. The number of para-hydroxylation sites is 1. The molecule has 1 saturated heterocycles. The highest BCUT2D eigenvalue weighted by atomic mass is 15.2. The van der Waals surface area contributed by atoms with Gasteiger partial charge in [-0.15, -0.1) is 0 Å². The molecule has 0 amide bonds. The smallest absolute Gasteiger partial charge is 0.0426 e. The molecule has 1 aromatic carbocycles. The molecular weight excluding hydrogens is 196 g/mol. The summed E-state index contributed by atoms with van der Waals surface area (Å²) < 4.78 is 0. The molecule has 0 radical (unpaired) electrons. The van der Waals surface area contributed by atoms with Gasteiger partial charge in [-0.3, -0.25) is 0 Å². The second-order valence-corrected chi connectivity index (χ2v) is 4.53. The van der Waals surface area contributed by atoms with Crippen molar-refractivity contribution in [3.63, 3.8) is 0 Å². The van der Waals surface area contributed by atoms with Gasteiger partial charge in [0.1, 0.15) is 0 Å². The summed E-state index contributed by atoms with van der Waals surface area (Å²) in [6.07, 6.45) is 3.83. The minimum absolute atomic E-state index is 0.689. The van der Waals surface area contributed by atoms with Gasteiger partial charge in [0.2, 0.25) is 0 Å². The number of unbranched alkanes of at least 4 members (excludes halogenated alkanes) is 1. The van der Waals surface area contributed by atoms with Crippen LogP contribution in [-0.2, 0) is 0 Å². The Labute approximate surface area is 98.7 Å². The molecule has 2 heteroatoms. The minimum Gasteiger partial charge on any atom is -0.367 e. The van der Waals surface area contributed by atoms with Gasteiger partial charge in [-0.05, 0) is 31.5 Å². The first-order valence-corrected chi connectivity index (χ1v) is 6.44. The van der Waals surface area contributed by atoms with E-state index in [1.165, 1.54) is 38.0 Å². The second-order valence-electron chi connectivity index (χ2n) is 4.53. The van der Waals surface area contributed by atoms with Crippen LogP contribution in [0, 0.1) is 0 Å². The third kappa shape index (κ3) is 2.76. The lowest BCUT2D eigenvalue weighted by Crippen LogP contribution is -2.37. The summed E-state index contributed by atoms with van der Waals surface area (Å²) in [5.41, 5.74) is 1.38. The van der Waals surface area contributed by atoms with Crippen LogP contribution in [0.5, 0.6) is 0 Å². The predicted octanol–water partition coefficient (Wildman–Crippen LogP) is 2.66. The number of anilines is 1. The van der Waals surface area contributed by atoms with E-state index in [4.69, 9.17) is 0 Å². The Balaban J connectivity index is 2.07. The third-order valence-electron chi connectivity index (χ3n) is 3.32. The molecule has 1 heterocycles. The van der Waals surface area contributed by atoms with Crippen molar-refractivity contribution in [3.05, 3.63) is 30.3 Å². The van der Waals surface area contributed by atoms with Gasteiger partial charge in [0.15, 0.2) is 0 Å². The zero-order chi connectivity index (χ0) is 11.2. The maximum atomic E-state index is 3.46. The van der Waals surface area contributed by atoms with Crippen molar-refractivity contribution in [2.24, 2.45) is 0 Å². The number of nitrogens with one attached hydrogen (secondary N) is 1. The highest BCUT2D eigenvalue weighted by Gasteiger charge is 2.21. The fourth-order valence-corrected chi connectivity index (χ4v) is 2.38. The number of hydrogen-bond donors (Lipinski definition) is 1. The molecule has 0 saturated carbocycles. The van der Waals surface area contributed by atoms with E-state index in [0.29, 0.717) is 6.04 Å². The van der Waals surface area contributed by atoms with Crippen molar-refractivity contribution in [1.82, 2.24) is 5.32 Å². The molecule has 1 N–H and O–H groups in total. The van der Waals surface area contributed by atoms with E-state index in [1.807, 2.05) is 0 Å². The summed E-state index contributed by atoms with van der Waals surface area (Å²) in [7, 11) is 0. The Kier molecular flexibility index (Phi) is 4.23. The number of nitrogens with zero attached hydrogens (tertiary/aromatic N) is 1. The summed E-state index contributed by atoms with van der Waals surface area (Å²) in [6.45, 7) is 5.75. The summed E-state index contributed by atoms with van der Waals surface area (Å²) in [4.78, 5) is 2.57. The molecule has 0 aliphatic carbocycles. The zero-order valence-corrected chi connectivity index (χ0v) is 10.2. The average Bonchev–Trinajstić information content (AvgIpc) is 2.85. The van der Waals surface area contributed by atoms with Crippen molar-refractivity contribution in [2.45, 2.75) is 32.2 Å². The average molecular weight is 218 g/mol. The Bertz CT molecular complexity index is 291. The van der Waals surface area contributed by atoms with Crippen LogP contribution in [0.2, 0.25) is 0 Å². The highest BCUT2D eigenvalue weighted by molar-refractivity contribution is 5.47. The molecule has 1 atom stereocenters. The van der Waals surface area contributed by atoms with Crippen molar-refractivity contribution in [3.8, 4) is 0 Å². The van der Waals surface area contributed by atoms with Gasteiger partial charge in [0.25, 0.3) is 0 Å². The van der Waals surface area contributed by atoms with Gasteiger partial charge >= 0.3 is 0 Å². The van der Waals surface area contributed by atoms with Crippen LogP contribution in [0.3, 0.4) is 0 Å². The van der Waals surface area contributed by atoms with Gasteiger partial charge in [-0.25, -0.2) is 0 Å². The van der Waals surface area contributed by atoms with E-state index in [-0.39, 0.29) is 0 Å². The molecule has 0 bridgehead atoms. The molecule has 1 aliphatic heterocycles. The van der Waals surface area contributed by atoms with Crippen LogP contribution in [0.1, 0.15) is 26.2 Å². The molecule has 1 aromatic rings. The fourth-order valence-electron chi connectivity index (χ4n) is 2.38. The molecule has 1 aliphatic rings. The Morgan fingerprint density at radius 1 is 1.31 bits per heavy atom. The lowest BCUT2D eigenvalue weighted by Gasteiger charge is -2.30. The first-order valence-electron chi connectivity index (χ1n) is 6.44. The SMILES string of the molecule is CCCCN(c1ccccc1)C1CCNC1. The zero-order valence-electron chi connectivity index (χ0n) is 10.2. The lowest BCUT2D eigenvalue weighted by molar-refractivity contribution is 0.609. The van der Waals surface area contributed by atoms with Gasteiger partial charge in [0.05, 0.1) is 0 Å². The minimum atomic E-state index is 0.689. The van der Waals surface area contributed by atoms with E-state index in [2.05, 4.69) is 47.5 Å². The molecule has 88 valence electrons. The molecule has 1 fully saturated rings. The predicted molar refractivity (Wildman–Crippen MR) is 70.0 cm³/mol. The molecule has 0 spiro atoms. The summed E-state index contributed by atoms with van der Waals surface area (Å²) in [6, 6.07) is 11.5. The molecule has 2 rings (SSSR count). The molecule has 2 nitrogen and oxygen atoms in total. The van der Waals surface area contributed by atoms with E-state index in [9.17, 15) is 0 Å². The van der Waals surface area contributed by atoms with Gasteiger partial charge < -0.3 is 10.2 Å². The maximum Gasteiger partial charge on any atom is 0.0426 e. The topological polar surface area (TPSA) is 15.3 Å². The van der Waals surface area contributed by atoms with Crippen LogP contribution < -0.4 is 10.2 Å². The summed E-state index contributed by atoms with van der Waals surface area (Å²) >= 11 is 0. The van der Waals surface area contributed by atoms with E-state index < -0.39 is 0 Å². The van der Waals surface area contributed by atoms with Crippen LogP contribution >= 0.6 is 0 Å². The molecule has 0 aromatic heterocycles. The van der Waals surface area contributed by atoms with Crippen LogP contribution in [-0.4, -0.2) is 25.7 Å². The van der Waals surface area contributed by atoms with Crippen molar-refractivity contribution < 1.29 is 0 Å². The molecular formula is C14H22N2. The van der Waals surface area contributed by atoms with Gasteiger partial charge in [-0.1, -0.05) is 31.5 Å². The maximum absolute atomic E-state index is 3.46. The van der Waals surface area contributed by atoms with Crippen LogP contribution in [0.25, 0.3) is 0 Å². The Morgan fingerprint density at radius 3 is 2.75 bits per heavy atom. The van der Waals surface area contributed by atoms with Gasteiger partial charge in [0, 0.05) is 24.8 Å². The number of benzene rings is 1. The van der Waals surface area contributed by atoms with Crippen molar-refractivity contribution in [2.75, 3.05) is 24.5 Å². The quantitative estimate of drug-likeness (QED) is 0.817. The third-order valence-corrected chi connectivity index (χ3v) is 3.32. The normalized spacial score (nSPS) is 19.9. The molecule has 1 unspecified atom stereocenters. The first kappa shape index (κ1) is 11.5. The standard InChI is InChI=1S/C14H22N2/c1-2-3-11-16(14-9-10-15-12-14)13-7-5-4-6-8-13/h4-8,14-15H,2-3,9-12H2,1H3. The van der Waals surface area contributed by atoms with E-state index in [0.717, 1.165) is 6.54 Å². The Morgan fingerprint density at radius 2 is 2.12 bits per heavy atom. The lowest BCUT2D eigenvalue weighted by atomic mass is 10.1. The van der Waals surface area contributed by atoms with Crippen molar-refractivity contribution in [1.29, 1.82) is 0 Å². The largest absolute Gasteiger partial charge is 0.367 e. The van der Waals surface area contributed by atoms with E-state index >= 15 is 0 Å². The highest BCUT2D eigenvalue weighted by Crippen LogP contribution is 2.20. The fraction of sp³-hybridized carbons (Fsp3) is 0.571. The summed E-state index contributed by atoms with van der Waals surface area (Å²) in [5.74, 6) is 0. The van der Waals surface area contributed by atoms with E-state index in [1.54, 1.807) is 0 Å². The second kappa shape index (κ2) is 5.90. The molecule has 16 heavy (non-hydrogen) atoms. The number of hydrogen-bond acceptors (Lipinski definition) is 2.